The number of para-hydroxylation sites is 1. The van der Waals surface area contributed by atoms with Gasteiger partial charge >= 0.3 is 0 Å². The van der Waals surface area contributed by atoms with Crippen molar-refractivity contribution >= 4 is 17.5 Å². The zero-order valence-corrected chi connectivity index (χ0v) is 12.8. The van der Waals surface area contributed by atoms with E-state index in [9.17, 15) is 9.59 Å². The van der Waals surface area contributed by atoms with E-state index in [4.69, 9.17) is 9.15 Å². The molecule has 0 radical (unpaired) electrons. The molecule has 0 spiro atoms. The van der Waals surface area contributed by atoms with Crippen molar-refractivity contribution in [2.75, 3.05) is 13.7 Å². The summed E-state index contributed by atoms with van der Waals surface area (Å²) in [6, 6.07) is 10.2. The van der Waals surface area contributed by atoms with Gasteiger partial charge in [0.1, 0.15) is 17.2 Å². The fourth-order valence-electron chi connectivity index (χ4n) is 1.81. The molecule has 1 aromatic heterocycles. The molecular formula is C16H17N3O4. The van der Waals surface area contributed by atoms with E-state index in [0.29, 0.717) is 22.8 Å². The van der Waals surface area contributed by atoms with E-state index in [1.54, 1.807) is 43.3 Å². The number of amides is 2. The summed E-state index contributed by atoms with van der Waals surface area (Å²) in [6.45, 7) is 1.50. The van der Waals surface area contributed by atoms with E-state index in [2.05, 4.69) is 15.8 Å². The van der Waals surface area contributed by atoms with Crippen LogP contribution in [-0.2, 0) is 4.79 Å². The molecule has 23 heavy (non-hydrogen) atoms. The Morgan fingerprint density at radius 1 is 1.22 bits per heavy atom. The highest BCUT2D eigenvalue weighted by atomic mass is 16.5. The van der Waals surface area contributed by atoms with Crippen LogP contribution in [0.2, 0.25) is 0 Å². The van der Waals surface area contributed by atoms with Crippen molar-refractivity contribution in [1.82, 2.24) is 10.7 Å². The maximum atomic E-state index is 12.0. The van der Waals surface area contributed by atoms with E-state index >= 15 is 0 Å². The van der Waals surface area contributed by atoms with Gasteiger partial charge in [-0.3, -0.25) is 9.59 Å². The number of benzene rings is 1. The van der Waals surface area contributed by atoms with Gasteiger partial charge < -0.3 is 14.5 Å². The molecule has 120 valence electrons. The Balaban J connectivity index is 1.87. The van der Waals surface area contributed by atoms with Gasteiger partial charge in [0, 0.05) is 0 Å². The van der Waals surface area contributed by atoms with E-state index in [0.717, 1.165) is 0 Å². The highest BCUT2D eigenvalue weighted by molar-refractivity contribution is 5.99. The van der Waals surface area contributed by atoms with Crippen LogP contribution in [-0.4, -0.2) is 31.2 Å². The van der Waals surface area contributed by atoms with Crippen LogP contribution in [0.4, 0.5) is 0 Å². The Morgan fingerprint density at radius 2 is 2.00 bits per heavy atom. The van der Waals surface area contributed by atoms with E-state index in [-0.39, 0.29) is 6.54 Å². The molecule has 1 aromatic carbocycles. The van der Waals surface area contributed by atoms with E-state index < -0.39 is 11.8 Å². The number of furan rings is 1. The third kappa shape index (κ3) is 4.44. The maximum Gasteiger partial charge on any atom is 0.259 e. The molecule has 0 saturated heterocycles. The lowest BCUT2D eigenvalue weighted by molar-refractivity contribution is -0.120. The third-order valence-electron chi connectivity index (χ3n) is 2.99. The lowest BCUT2D eigenvalue weighted by Gasteiger charge is -2.08. The molecule has 0 bridgehead atoms. The van der Waals surface area contributed by atoms with Gasteiger partial charge in [-0.15, -0.1) is 0 Å². The van der Waals surface area contributed by atoms with Crippen molar-refractivity contribution in [2.45, 2.75) is 6.92 Å². The monoisotopic (exact) mass is 315 g/mol. The molecule has 0 aliphatic rings. The number of nitrogens with one attached hydrogen (secondary N) is 2. The molecule has 7 nitrogen and oxygen atoms in total. The molecule has 0 fully saturated rings. The summed E-state index contributed by atoms with van der Waals surface area (Å²) >= 11 is 0. The van der Waals surface area contributed by atoms with Crippen molar-refractivity contribution in [1.29, 1.82) is 0 Å². The molecule has 0 saturated carbocycles. The van der Waals surface area contributed by atoms with Crippen LogP contribution in [0, 0.1) is 0 Å². The van der Waals surface area contributed by atoms with Crippen LogP contribution in [0.25, 0.3) is 0 Å². The fraction of sp³-hybridized carbons (Fsp3) is 0.188. The minimum absolute atomic E-state index is 0.203. The van der Waals surface area contributed by atoms with Gasteiger partial charge in [0.15, 0.2) is 0 Å². The van der Waals surface area contributed by atoms with Crippen LogP contribution in [0.3, 0.4) is 0 Å². The summed E-state index contributed by atoms with van der Waals surface area (Å²) in [5, 5.41) is 6.41. The molecular weight excluding hydrogens is 298 g/mol. The van der Waals surface area contributed by atoms with Crippen molar-refractivity contribution in [3.8, 4) is 5.75 Å². The molecule has 2 amide bonds. The summed E-state index contributed by atoms with van der Waals surface area (Å²) in [7, 11) is 1.48. The minimum Gasteiger partial charge on any atom is -0.496 e. The fourth-order valence-corrected chi connectivity index (χ4v) is 1.81. The highest BCUT2D eigenvalue weighted by Crippen LogP contribution is 2.16. The van der Waals surface area contributed by atoms with Crippen LogP contribution in [0.15, 0.2) is 52.2 Å². The first kappa shape index (κ1) is 16.3. The molecule has 2 N–H and O–H groups in total. The molecule has 2 rings (SSSR count). The number of carbonyl (C=O) groups excluding carboxylic acids is 2. The normalized spacial score (nSPS) is 11.0. The number of nitrogens with zero attached hydrogens (tertiary/aromatic N) is 1. The number of carbonyl (C=O) groups is 2. The molecule has 0 atom stereocenters. The second-order valence-electron chi connectivity index (χ2n) is 4.59. The molecule has 7 heteroatoms. The largest absolute Gasteiger partial charge is 0.496 e. The smallest absolute Gasteiger partial charge is 0.259 e. The summed E-state index contributed by atoms with van der Waals surface area (Å²) in [6.07, 6.45) is 1.52. The van der Waals surface area contributed by atoms with Crippen LogP contribution in [0.5, 0.6) is 5.75 Å². The lowest BCUT2D eigenvalue weighted by atomic mass is 10.2. The average Bonchev–Trinajstić information content (AvgIpc) is 3.12. The first-order valence-corrected chi connectivity index (χ1v) is 6.90. The first-order valence-electron chi connectivity index (χ1n) is 6.90. The third-order valence-corrected chi connectivity index (χ3v) is 2.99. The van der Waals surface area contributed by atoms with Gasteiger partial charge in [-0.25, -0.2) is 5.43 Å². The Labute approximate surface area is 133 Å². The zero-order valence-electron chi connectivity index (χ0n) is 12.8. The molecule has 0 aliphatic carbocycles. The van der Waals surface area contributed by atoms with Crippen molar-refractivity contribution in [3.63, 3.8) is 0 Å². The van der Waals surface area contributed by atoms with Gasteiger partial charge in [0.25, 0.3) is 11.8 Å². The number of ether oxygens (including phenoxy) is 1. The van der Waals surface area contributed by atoms with Gasteiger partial charge in [-0.1, -0.05) is 12.1 Å². The second-order valence-corrected chi connectivity index (χ2v) is 4.59. The summed E-state index contributed by atoms with van der Waals surface area (Å²) in [5.41, 5.74) is 3.24. The van der Waals surface area contributed by atoms with Gasteiger partial charge in [0.05, 0.1) is 25.5 Å². The molecule has 1 heterocycles. The predicted octanol–water partition coefficient (Wildman–Crippen LogP) is 1.56. The van der Waals surface area contributed by atoms with E-state index in [1.165, 1.54) is 13.4 Å². The summed E-state index contributed by atoms with van der Waals surface area (Å²) in [5.74, 6) is 0.156. The average molecular weight is 315 g/mol. The topological polar surface area (TPSA) is 92.9 Å². The Kier molecular flexibility index (Phi) is 5.51. The number of methoxy groups -OCH3 is 1. The Morgan fingerprint density at radius 3 is 2.70 bits per heavy atom. The van der Waals surface area contributed by atoms with E-state index in [1.807, 2.05) is 0 Å². The zero-order chi connectivity index (χ0) is 16.7. The minimum atomic E-state index is -0.445. The maximum absolute atomic E-state index is 12.0. The first-order chi connectivity index (χ1) is 11.1. The quantitative estimate of drug-likeness (QED) is 0.625. The van der Waals surface area contributed by atoms with Crippen LogP contribution < -0.4 is 15.5 Å². The summed E-state index contributed by atoms with van der Waals surface area (Å²) < 4.78 is 10.2. The van der Waals surface area contributed by atoms with Crippen LogP contribution >= 0.6 is 0 Å². The molecule has 0 aliphatic heterocycles. The Hall–Kier alpha value is -3.09. The number of hydrazone groups is 1. The number of hydrogen-bond acceptors (Lipinski definition) is 5. The summed E-state index contributed by atoms with van der Waals surface area (Å²) in [4.78, 5) is 23.7. The molecule has 0 unspecified atom stereocenters. The number of hydrogen-bond donors (Lipinski definition) is 2. The van der Waals surface area contributed by atoms with Crippen molar-refractivity contribution < 1.29 is 18.7 Å². The molecule has 2 aromatic rings. The van der Waals surface area contributed by atoms with Gasteiger partial charge in [-0.2, -0.15) is 5.10 Å². The predicted molar refractivity (Wildman–Crippen MR) is 84.4 cm³/mol. The van der Waals surface area contributed by atoms with Crippen LogP contribution in [0.1, 0.15) is 23.0 Å². The Bertz CT molecular complexity index is 708. The van der Waals surface area contributed by atoms with Crippen molar-refractivity contribution in [3.05, 3.63) is 54.0 Å². The highest BCUT2D eigenvalue weighted by Gasteiger charge is 2.12. The van der Waals surface area contributed by atoms with Gasteiger partial charge in [0.2, 0.25) is 0 Å². The standard InChI is InChI=1S/C16H17N3O4/c1-11(13-8-5-9-23-13)18-19-15(20)10-17-16(21)12-6-3-4-7-14(12)22-2/h3-9H,10H2,1-2H3,(H,17,21)(H,19,20)/b18-11+. The SMILES string of the molecule is COc1ccccc1C(=O)NCC(=O)N/N=C(\C)c1ccco1. The lowest BCUT2D eigenvalue weighted by Crippen LogP contribution is -2.35. The second kappa shape index (κ2) is 7.79. The van der Waals surface area contributed by atoms with Gasteiger partial charge in [-0.05, 0) is 31.2 Å². The van der Waals surface area contributed by atoms with Crippen molar-refractivity contribution in [2.24, 2.45) is 5.10 Å². The number of rotatable bonds is 6.